The van der Waals surface area contributed by atoms with Gasteiger partial charge in [-0.1, -0.05) is 97.1 Å². The Balaban J connectivity index is 1.18. The first-order valence-electron chi connectivity index (χ1n) is 12.6. The summed E-state index contributed by atoms with van der Waals surface area (Å²) in [5.74, 6) is 0.616. The van der Waals surface area contributed by atoms with Crippen molar-refractivity contribution in [2.45, 2.75) is 24.7 Å². The molecule has 4 heteroatoms. The quantitative estimate of drug-likeness (QED) is 0.309. The van der Waals surface area contributed by atoms with Crippen LogP contribution in [0.15, 0.2) is 109 Å². The first-order valence-corrected chi connectivity index (χ1v) is 12.6. The summed E-state index contributed by atoms with van der Waals surface area (Å²) < 4.78 is 0. The molecule has 2 fully saturated rings. The average Bonchev–Trinajstić information content (AvgIpc) is 3.84. The van der Waals surface area contributed by atoms with Crippen LogP contribution in [0.3, 0.4) is 0 Å². The van der Waals surface area contributed by atoms with Crippen LogP contribution in [-0.2, 0) is 9.59 Å². The third kappa shape index (κ3) is 4.55. The summed E-state index contributed by atoms with van der Waals surface area (Å²) in [4.78, 5) is 26.2. The van der Waals surface area contributed by atoms with Crippen molar-refractivity contribution in [3.05, 3.63) is 120 Å². The molecule has 0 radical (unpaired) electrons. The van der Waals surface area contributed by atoms with Gasteiger partial charge in [-0.25, -0.2) is 0 Å². The molecule has 0 heterocycles. The number of nitrogens with one attached hydrogen (secondary N) is 2. The number of anilines is 2. The van der Waals surface area contributed by atoms with Crippen molar-refractivity contribution in [2.24, 2.45) is 11.8 Å². The van der Waals surface area contributed by atoms with Gasteiger partial charge in [0.1, 0.15) is 0 Å². The minimum atomic E-state index is -0.0137. The highest BCUT2D eigenvalue weighted by molar-refractivity contribution is 6.03. The van der Waals surface area contributed by atoms with Crippen molar-refractivity contribution in [2.75, 3.05) is 10.6 Å². The fourth-order valence-electron chi connectivity index (χ4n) is 5.21. The maximum atomic E-state index is 13.1. The van der Waals surface area contributed by atoms with Crippen molar-refractivity contribution in [3.63, 3.8) is 0 Å². The van der Waals surface area contributed by atoms with Crippen molar-refractivity contribution in [1.29, 1.82) is 0 Å². The Morgan fingerprint density at radius 1 is 0.500 bits per heavy atom. The minimum Gasteiger partial charge on any atom is -0.325 e. The molecule has 2 aliphatic carbocycles. The topological polar surface area (TPSA) is 58.2 Å². The molecule has 2 amide bonds. The number of hydrogen-bond donors (Lipinski definition) is 2. The van der Waals surface area contributed by atoms with Crippen LogP contribution in [-0.4, -0.2) is 11.8 Å². The molecule has 6 rings (SSSR count). The van der Waals surface area contributed by atoms with E-state index in [0.717, 1.165) is 35.3 Å². The standard InChI is InChI=1S/C32H28N2O2/c35-31(27-19-25(27)21-11-3-1-4-12-21)33-29-17-9-7-15-23(29)24-16-8-10-18-30(24)34-32(36)28-20-26(28)22-13-5-2-6-14-22/h1-18,25-28H,19-20H2,(H,33,35)(H,34,36)/t25-,26+,27-,28-/m1/s1. The maximum Gasteiger partial charge on any atom is 0.228 e. The molecule has 0 bridgehead atoms. The van der Waals surface area contributed by atoms with Crippen LogP contribution < -0.4 is 10.6 Å². The van der Waals surface area contributed by atoms with E-state index < -0.39 is 0 Å². The van der Waals surface area contributed by atoms with E-state index in [1.54, 1.807) is 0 Å². The van der Waals surface area contributed by atoms with Gasteiger partial charge in [-0.15, -0.1) is 0 Å². The summed E-state index contributed by atoms with van der Waals surface area (Å²) in [5.41, 5.74) is 5.75. The SMILES string of the molecule is O=C(Nc1ccccc1-c1ccccc1NC(=O)[C@@H]1C[C@H]1c1ccccc1)[C@@H]1C[C@@H]1c1ccccc1. The normalized spacial score (nSPS) is 21.9. The first kappa shape index (κ1) is 22.3. The number of benzene rings is 4. The molecule has 4 nitrogen and oxygen atoms in total. The van der Waals surface area contributed by atoms with Crippen molar-refractivity contribution < 1.29 is 9.59 Å². The van der Waals surface area contributed by atoms with Crippen LogP contribution >= 0.6 is 0 Å². The number of rotatable bonds is 7. The van der Waals surface area contributed by atoms with Gasteiger partial charge in [-0.3, -0.25) is 9.59 Å². The molecule has 178 valence electrons. The van der Waals surface area contributed by atoms with E-state index in [-0.39, 0.29) is 35.5 Å². The lowest BCUT2D eigenvalue weighted by Crippen LogP contribution is -2.16. The molecule has 36 heavy (non-hydrogen) atoms. The molecule has 4 aromatic carbocycles. The molecule has 0 unspecified atom stereocenters. The Hall–Kier alpha value is -4.18. The third-order valence-electron chi connectivity index (χ3n) is 7.37. The zero-order chi connectivity index (χ0) is 24.5. The van der Waals surface area contributed by atoms with E-state index in [2.05, 4.69) is 34.9 Å². The molecule has 4 aromatic rings. The Bertz CT molecular complexity index is 1290. The highest BCUT2D eigenvalue weighted by Crippen LogP contribution is 2.49. The predicted octanol–water partition coefficient (Wildman–Crippen LogP) is 6.84. The second-order valence-electron chi connectivity index (χ2n) is 9.79. The van der Waals surface area contributed by atoms with Crippen LogP contribution in [0.2, 0.25) is 0 Å². The molecular formula is C32H28N2O2. The summed E-state index contributed by atoms with van der Waals surface area (Å²) in [7, 11) is 0. The molecule has 0 spiro atoms. The van der Waals surface area contributed by atoms with Gasteiger partial charge in [-0.05, 0) is 47.9 Å². The Morgan fingerprint density at radius 3 is 1.28 bits per heavy atom. The van der Waals surface area contributed by atoms with Crippen molar-refractivity contribution in [1.82, 2.24) is 0 Å². The lowest BCUT2D eigenvalue weighted by Gasteiger charge is -2.15. The van der Waals surface area contributed by atoms with Gasteiger partial charge in [0.25, 0.3) is 0 Å². The molecule has 2 saturated carbocycles. The molecule has 2 N–H and O–H groups in total. The van der Waals surface area contributed by atoms with Crippen LogP contribution in [0, 0.1) is 11.8 Å². The first-order chi connectivity index (χ1) is 17.7. The molecule has 0 aromatic heterocycles. The zero-order valence-electron chi connectivity index (χ0n) is 19.9. The Kier molecular flexibility index (Phi) is 5.86. The highest BCUT2D eigenvalue weighted by atomic mass is 16.2. The predicted molar refractivity (Wildman–Crippen MR) is 144 cm³/mol. The van der Waals surface area contributed by atoms with Gasteiger partial charge in [0, 0.05) is 34.3 Å². The van der Waals surface area contributed by atoms with Gasteiger partial charge >= 0.3 is 0 Å². The van der Waals surface area contributed by atoms with E-state index in [4.69, 9.17) is 0 Å². The van der Waals surface area contributed by atoms with Gasteiger partial charge < -0.3 is 10.6 Å². The van der Waals surface area contributed by atoms with Crippen LogP contribution in [0.5, 0.6) is 0 Å². The second kappa shape index (κ2) is 9.46. The van der Waals surface area contributed by atoms with Crippen molar-refractivity contribution >= 4 is 23.2 Å². The largest absolute Gasteiger partial charge is 0.325 e. The van der Waals surface area contributed by atoms with Gasteiger partial charge in [0.15, 0.2) is 0 Å². The van der Waals surface area contributed by atoms with Gasteiger partial charge in [0.2, 0.25) is 11.8 Å². The summed E-state index contributed by atoms with van der Waals surface area (Å²) in [6.45, 7) is 0. The third-order valence-corrected chi connectivity index (χ3v) is 7.37. The van der Waals surface area contributed by atoms with Crippen molar-refractivity contribution in [3.8, 4) is 11.1 Å². The molecule has 2 aliphatic rings. The molecule has 0 saturated heterocycles. The van der Waals surface area contributed by atoms with E-state index in [9.17, 15) is 9.59 Å². The lowest BCUT2D eigenvalue weighted by molar-refractivity contribution is -0.118. The maximum absolute atomic E-state index is 13.1. The van der Waals surface area contributed by atoms with E-state index in [1.807, 2.05) is 84.9 Å². The number of carbonyl (C=O) groups is 2. The van der Waals surface area contributed by atoms with Crippen LogP contribution in [0.25, 0.3) is 11.1 Å². The molecule has 4 atom stereocenters. The lowest BCUT2D eigenvalue weighted by atomic mass is 10.0. The minimum absolute atomic E-state index is 0.0137. The Morgan fingerprint density at radius 2 is 0.861 bits per heavy atom. The van der Waals surface area contributed by atoms with E-state index in [0.29, 0.717) is 0 Å². The summed E-state index contributed by atoms with van der Waals surface area (Å²) in [6.07, 6.45) is 1.74. The highest BCUT2D eigenvalue weighted by Gasteiger charge is 2.45. The molecule has 0 aliphatic heterocycles. The number of amides is 2. The zero-order valence-corrected chi connectivity index (χ0v) is 19.9. The summed E-state index contributed by atoms with van der Waals surface area (Å²) in [5, 5.41) is 6.33. The fourth-order valence-corrected chi connectivity index (χ4v) is 5.21. The summed E-state index contributed by atoms with van der Waals surface area (Å²) in [6, 6.07) is 36.1. The smallest absolute Gasteiger partial charge is 0.228 e. The fraction of sp³-hybridized carbons (Fsp3) is 0.188. The van der Waals surface area contributed by atoms with E-state index in [1.165, 1.54) is 11.1 Å². The monoisotopic (exact) mass is 472 g/mol. The van der Waals surface area contributed by atoms with Gasteiger partial charge in [-0.2, -0.15) is 0 Å². The van der Waals surface area contributed by atoms with Crippen LogP contribution in [0.1, 0.15) is 35.8 Å². The van der Waals surface area contributed by atoms with Gasteiger partial charge in [0.05, 0.1) is 0 Å². The Labute approximate surface area is 211 Å². The average molecular weight is 473 g/mol. The van der Waals surface area contributed by atoms with Crippen LogP contribution in [0.4, 0.5) is 11.4 Å². The summed E-state index contributed by atoms with van der Waals surface area (Å²) >= 11 is 0. The number of hydrogen-bond acceptors (Lipinski definition) is 2. The number of para-hydroxylation sites is 2. The number of carbonyl (C=O) groups excluding carboxylic acids is 2. The van der Waals surface area contributed by atoms with E-state index >= 15 is 0 Å². The second-order valence-corrected chi connectivity index (χ2v) is 9.79. The molecular weight excluding hydrogens is 444 g/mol.